The van der Waals surface area contributed by atoms with Gasteiger partial charge in [0.05, 0.1) is 0 Å². The van der Waals surface area contributed by atoms with Gasteiger partial charge >= 0.3 is 0 Å². The predicted molar refractivity (Wildman–Crippen MR) is 53.7 cm³/mol. The lowest BCUT2D eigenvalue weighted by Crippen LogP contribution is -1.90. The molecule has 0 aromatic heterocycles. The molecule has 0 nitrogen and oxygen atoms in total. The van der Waals surface area contributed by atoms with Gasteiger partial charge in [0.1, 0.15) is 0 Å². The molecule has 2 heteroatoms. The van der Waals surface area contributed by atoms with Crippen molar-refractivity contribution < 1.29 is 0 Å². The van der Waals surface area contributed by atoms with Crippen molar-refractivity contribution in [2.45, 2.75) is 50.8 Å². The first kappa shape index (κ1) is 11.6. The van der Waals surface area contributed by atoms with Gasteiger partial charge in [-0.15, -0.1) is 23.2 Å². The molecule has 0 N–H and O–H groups in total. The molecule has 0 amide bonds. The van der Waals surface area contributed by atoms with Crippen LogP contribution in [0.5, 0.6) is 0 Å². The topological polar surface area (TPSA) is 0 Å². The molecule has 0 aromatic carbocycles. The van der Waals surface area contributed by atoms with Crippen LogP contribution in [-0.2, 0) is 0 Å². The van der Waals surface area contributed by atoms with E-state index in [1.807, 2.05) is 0 Å². The van der Waals surface area contributed by atoms with Crippen molar-refractivity contribution in [1.29, 1.82) is 0 Å². The number of alkyl halides is 2. The Morgan fingerprint density at radius 3 is 2.09 bits per heavy atom. The van der Waals surface area contributed by atoms with Gasteiger partial charge in [-0.3, -0.25) is 0 Å². The molecule has 68 valence electrons. The minimum Gasteiger partial charge on any atom is -0.127 e. The van der Waals surface area contributed by atoms with Gasteiger partial charge in [0.15, 0.2) is 0 Å². The van der Waals surface area contributed by atoms with Crippen molar-refractivity contribution in [2.75, 3.05) is 5.88 Å². The number of hydrogen-bond donors (Lipinski definition) is 0. The fourth-order valence-electron chi connectivity index (χ4n) is 1.05. The van der Waals surface area contributed by atoms with Crippen LogP contribution < -0.4 is 0 Å². The molecule has 0 saturated carbocycles. The number of hydrogen-bond acceptors (Lipinski definition) is 0. The zero-order chi connectivity index (χ0) is 8.53. The average molecular weight is 197 g/mol. The van der Waals surface area contributed by atoms with E-state index in [2.05, 4.69) is 6.92 Å². The van der Waals surface area contributed by atoms with E-state index in [9.17, 15) is 0 Å². The summed E-state index contributed by atoms with van der Waals surface area (Å²) in [5, 5.41) is 0.350. The molecule has 0 heterocycles. The normalized spacial score (nSPS) is 13.4. The lowest BCUT2D eigenvalue weighted by molar-refractivity contribution is 0.605. The van der Waals surface area contributed by atoms with Crippen LogP contribution in [0.15, 0.2) is 0 Å². The van der Waals surface area contributed by atoms with Crippen LogP contribution in [-0.4, -0.2) is 11.3 Å². The largest absolute Gasteiger partial charge is 0.127 e. The Kier molecular flexibility index (Phi) is 9.13. The Balaban J connectivity index is 2.80. The van der Waals surface area contributed by atoms with E-state index in [0.29, 0.717) is 5.38 Å². The highest BCUT2D eigenvalue weighted by molar-refractivity contribution is 6.20. The molecule has 1 atom stereocenters. The highest BCUT2D eigenvalue weighted by Crippen LogP contribution is 2.10. The molecule has 0 aliphatic carbocycles. The summed E-state index contributed by atoms with van der Waals surface area (Å²) in [5.41, 5.74) is 0. The Morgan fingerprint density at radius 1 is 1.00 bits per heavy atom. The fourth-order valence-corrected chi connectivity index (χ4v) is 1.39. The number of rotatable bonds is 7. The molecule has 0 fully saturated rings. The van der Waals surface area contributed by atoms with Gasteiger partial charge in [-0.1, -0.05) is 25.7 Å². The van der Waals surface area contributed by atoms with Crippen LogP contribution in [0.2, 0.25) is 0 Å². The smallest absolute Gasteiger partial charge is 0.0307 e. The third-order valence-corrected chi connectivity index (χ3v) is 2.22. The van der Waals surface area contributed by atoms with Gasteiger partial charge in [0.2, 0.25) is 0 Å². The minimum absolute atomic E-state index is 0.350. The summed E-state index contributed by atoms with van der Waals surface area (Å²) in [6.45, 7) is 2.06. The summed E-state index contributed by atoms with van der Waals surface area (Å²) in [7, 11) is 0. The predicted octanol–water partition coefficient (Wildman–Crippen LogP) is 4.19. The van der Waals surface area contributed by atoms with Crippen LogP contribution in [0.4, 0.5) is 0 Å². The summed E-state index contributed by atoms with van der Waals surface area (Å²) in [6.07, 6.45) is 7.50. The highest BCUT2D eigenvalue weighted by atomic mass is 35.5. The Morgan fingerprint density at radius 2 is 1.55 bits per heavy atom. The number of halogens is 2. The van der Waals surface area contributed by atoms with Gasteiger partial charge in [-0.25, -0.2) is 0 Å². The Bertz CT molecular complexity index is 72.0. The van der Waals surface area contributed by atoms with Crippen LogP contribution >= 0.6 is 23.2 Å². The molecule has 0 rings (SSSR count). The van der Waals surface area contributed by atoms with E-state index in [4.69, 9.17) is 23.2 Å². The van der Waals surface area contributed by atoms with Crippen molar-refractivity contribution in [3.8, 4) is 0 Å². The number of unbranched alkanes of at least 4 members (excludes halogenated alkanes) is 4. The second kappa shape index (κ2) is 8.67. The van der Waals surface area contributed by atoms with Crippen molar-refractivity contribution in [2.24, 2.45) is 0 Å². The van der Waals surface area contributed by atoms with E-state index in [0.717, 1.165) is 18.7 Å². The monoisotopic (exact) mass is 196 g/mol. The summed E-state index contributed by atoms with van der Waals surface area (Å²) < 4.78 is 0. The van der Waals surface area contributed by atoms with E-state index >= 15 is 0 Å². The maximum Gasteiger partial charge on any atom is 0.0307 e. The summed E-state index contributed by atoms with van der Waals surface area (Å²) >= 11 is 11.3. The van der Waals surface area contributed by atoms with Crippen LogP contribution in [0, 0.1) is 0 Å². The van der Waals surface area contributed by atoms with Crippen molar-refractivity contribution in [1.82, 2.24) is 0 Å². The molecule has 0 spiro atoms. The Hall–Kier alpha value is 0.580. The van der Waals surface area contributed by atoms with E-state index < -0.39 is 0 Å². The summed E-state index contributed by atoms with van der Waals surface area (Å²) in [6, 6.07) is 0. The summed E-state index contributed by atoms with van der Waals surface area (Å²) in [4.78, 5) is 0. The molecule has 0 aliphatic heterocycles. The van der Waals surface area contributed by atoms with Gasteiger partial charge in [-0.05, 0) is 19.8 Å². The standard InChI is InChI=1S/C9H18Cl2/c1-9(11)7-5-3-2-4-6-8-10/h9H,2-8H2,1H3. The lowest BCUT2D eigenvalue weighted by Gasteiger charge is -2.01. The first-order valence-electron chi connectivity index (χ1n) is 4.47. The van der Waals surface area contributed by atoms with Crippen LogP contribution in [0.3, 0.4) is 0 Å². The molecule has 11 heavy (non-hydrogen) atoms. The highest BCUT2D eigenvalue weighted by Gasteiger charge is 1.95. The molecular weight excluding hydrogens is 179 g/mol. The Labute approximate surface area is 80.3 Å². The van der Waals surface area contributed by atoms with Gasteiger partial charge in [0.25, 0.3) is 0 Å². The minimum atomic E-state index is 0.350. The first-order valence-corrected chi connectivity index (χ1v) is 5.44. The lowest BCUT2D eigenvalue weighted by atomic mass is 10.1. The molecule has 0 aromatic rings. The van der Waals surface area contributed by atoms with Crippen molar-refractivity contribution in [3.05, 3.63) is 0 Å². The van der Waals surface area contributed by atoms with E-state index in [-0.39, 0.29) is 0 Å². The van der Waals surface area contributed by atoms with Crippen molar-refractivity contribution >= 4 is 23.2 Å². The maximum atomic E-state index is 5.80. The summed E-state index contributed by atoms with van der Waals surface area (Å²) in [5.74, 6) is 0.811. The molecule has 1 unspecified atom stereocenters. The van der Waals surface area contributed by atoms with Crippen LogP contribution in [0.25, 0.3) is 0 Å². The zero-order valence-corrected chi connectivity index (χ0v) is 8.79. The van der Waals surface area contributed by atoms with E-state index in [1.54, 1.807) is 0 Å². The van der Waals surface area contributed by atoms with Crippen molar-refractivity contribution in [3.63, 3.8) is 0 Å². The quantitative estimate of drug-likeness (QED) is 0.424. The third kappa shape index (κ3) is 10.6. The van der Waals surface area contributed by atoms with Gasteiger partial charge < -0.3 is 0 Å². The zero-order valence-electron chi connectivity index (χ0n) is 7.28. The van der Waals surface area contributed by atoms with E-state index in [1.165, 1.54) is 25.7 Å². The fraction of sp³-hybridized carbons (Fsp3) is 1.00. The molecule has 0 bridgehead atoms. The molecule has 0 saturated heterocycles. The second-order valence-electron chi connectivity index (χ2n) is 3.03. The SMILES string of the molecule is CC(Cl)CCCCCCCCl. The second-order valence-corrected chi connectivity index (χ2v) is 4.15. The molecular formula is C9H18Cl2. The van der Waals surface area contributed by atoms with Gasteiger partial charge in [-0.2, -0.15) is 0 Å². The first-order chi connectivity index (χ1) is 5.27. The van der Waals surface area contributed by atoms with Crippen LogP contribution in [0.1, 0.15) is 45.4 Å². The third-order valence-electron chi connectivity index (χ3n) is 1.74. The average Bonchev–Trinajstić information content (AvgIpc) is 1.96. The van der Waals surface area contributed by atoms with Gasteiger partial charge in [0, 0.05) is 11.3 Å². The molecule has 0 radical (unpaired) electrons. The molecule has 0 aliphatic rings. The maximum absolute atomic E-state index is 5.80.